The number of rotatable bonds is 6. The smallest absolute Gasteiger partial charge is 0.148 e. The second kappa shape index (κ2) is 8.27. The molecule has 23 heavy (non-hydrogen) atoms. The van der Waals surface area contributed by atoms with Crippen LogP contribution in [-0.2, 0) is 6.54 Å². The lowest BCUT2D eigenvalue weighted by Gasteiger charge is -2.15. The van der Waals surface area contributed by atoms with Gasteiger partial charge in [0.1, 0.15) is 11.5 Å². The molecular formula is C17H18Br2ClNO2. The minimum atomic E-state index is 0.119. The zero-order valence-corrected chi connectivity index (χ0v) is 17.0. The van der Waals surface area contributed by atoms with Crippen molar-refractivity contribution in [1.29, 1.82) is 0 Å². The van der Waals surface area contributed by atoms with Crippen LogP contribution in [0.3, 0.4) is 0 Å². The molecule has 3 nitrogen and oxygen atoms in total. The zero-order valence-electron chi connectivity index (χ0n) is 13.1. The highest BCUT2D eigenvalue weighted by molar-refractivity contribution is 9.11. The highest BCUT2D eigenvalue weighted by atomic mass is 79.9. The standard InChI is InChI=1S/C17H18Br2ClNO2/c1-10(2)23-17-13(18)6-11(7-14(17)19)9-21-12-4-5-16(22-3)15(20)8-12/h4-8,10,21H,9H2,1-3H3. The van der Waals surface area contributed by atoms with Crippen molar-refractivity contribution in [2.45, 2.75) is 26.5 Å². The number of hydrogen-bond acceptors (Lipinski definition) is 3. The van der Waals surface area contributed by atoms with Crippen molar-refractivity contribution in [3.63, 3.8) is 0 Å². The summed E-state index contributed by atoms with van der Waals surface area (Å²) in [5.74, 6) is 1.48. The molecule has 0 aliphatic rings. The third-order valence-corrected chi connectivity index (χ3v) is 4.53. The summed E-state index contributed by atoms with van der Waals surface area (Å²) in [5.41, 5.74) is 2.05. The lowest BCUT2D eigenvalue weighted by Crippen LogP contribution is -2.07. The highest BCUT2D eigenvalue weighted by Crippen LogP contribution is 2.36. The number of benzene rings is 2. The Bertz CT molecular complexity index is 669. The maximum absolute atomic E-state index is 6.13. The monoisotopic (exact) mass is 461 g/mol. The topological polar surface area (TPSA) is 30.5 Å². The van der Waals surface area contributed by atoms with E-state index < -0.39 is 0 Å². The summed E-state index contributed by atoms with van der Waals surface area (Å²) in [7, 11) is 1.60. The van der Waals surface area contributed by atoms with Gasteiger partial charge in [0.2, 0.25) is 0 Å². The summed E-state index contributed by atoms with van der Waals surface area (Å²) >= 11 is 13.3. The van der Waals surface area contributed by atoms with Crippen LogP contribution in [0.15, 0.2) is 39.3 Å². The minimum absolute atomic E-state index is 0.119. The van der Waals surface area contributed by atoms with Crippen LogP contribution in [0.5, 0.6) is 11.5 Å². The summed E-state index contributed by atoms with van der Waals surface area (Å²) < 4.78 is 12.8. The minimum Gasteiger partial charge on any atom is -0.495 e. The molecular weight excluding hydrogens is 445 g/mol. The molecule has 0 fully saturated rings. The Morgan fingerprint density at radius 2 is 1.78 bits per heavy atom. The average molecular weight is 464 g/mol. The van der Waals surface area contributed by atoms with E-state index in [1.807, 2.05) is 44.2 Å². The van der Waals surface area contributed by atoms with Crippen LogP contribution in [0.1, 0.15) is 19.4 Å². The Morgan fingerprint density at radius 3 is 2.30 bits per heavy atom. The molecule has 0 amide bonds. The molecule has 0 radical (unpaired) electrons. The van der Waals surface area contributed by atoms with Gasteiger partial charge >= 0.3 is 0 Å². The average Bonchev–Trinajstić information content (AvgIpc) is 2.49. The molecule has 0 saturated carbocycles. The van der Waals surface area contributed by atoms with Crippen molar-refractivity contribution >= 4 is 49.1 Å². The number of anilines is 1. The maximum atomic E-state index is 6.13. The first-order chi connectivity index (χ1) is 10.9. The number of ether oxygens (including phenoxy) is 2. The van der Waals surface area contributed by atoms with E-state index in [1.165, 1.54) is 0 Å². The van der Waals surface area contributed by atoms with Gasteiger partial charge in [0.05, 0.1) is 27.2 Å². The van der Waals surface area contributed by atoms with Crippen molar-refractivity contribution in [2.75, 3.05) is 12.4 Å². The van der Waals surface area contributed by atoms with Crippen LogP contribution >= 0.6 is 43.5 Å². The lowest BCUT2D eigenvalue weighted by molar-refractivity contribution is 0.239. The van der Waals surface area contributed by atoms with Gasteiger partial charge in [-0.05, 0) is 81.6 Å². The summed E-state index contributed by atoms with van der Waals surface area (Å²) in [5, 5.41) is 3.93. The van der Waals surface area contributed by atoms with Crippen LogP contribution in [0.2, 0.25) is 5.02 Å². The molecule has 124 valence electrons. The van der Waals surface area contributed by atoms with Crippen LogP contribution in [0.4, 0.5) is 5.69 Å². The molecule has 0 bridgehead atoms. The van der Waals surface area contributed by atoms with E-state index in [2.05, 4.69) is 37.2 Å². The second-order valence-corrected chi connectivity index (χ2v) is 7.37. The van der Waals surface area contributed by atoms with Gasteiger partial charge in [-0.3, -0.25) is 0 Å². The number of halogens is 3. The summed E-state index contributed by atoms with van der Waals surface area (Å²) in [6.45, 7) is 4.67. The largest absolute Gasteiger partial charge is 0.495 e. The van der Waals surface area contributed by atoms with Crippen molar-refractivity contribution in [3.05, 3.63) is 49.9 Å². The van der Waals surface area contributed by atoms with Gasteiger partial charge in [-0.1, -0.05) is 11.6 Å². The first-order valence-corrected chi connectivity index (χ1v) is 9.09. The molecule has 0 heterocycles. The van der Waals surface area contributed by atoms with Crippen molar-refractivity contribution in [1.82, 2.24) is 0 Å². The Morgan fingerprint density at radius 1 is 1.13 bits per heavy atom. The van der Waals surface area contributed by atoms with Gasteiger partial charge < -0.3 is 14.8 Å². The predicted molar refractivity (Wildman–Crippen MR) is 103 cm³/mol. The lowest BCUT2D eigenvalue weighted by atomic mass is 10.2. The molecule has 0 atom stereocenters. The van der Waals surface area contributed by atoms with Crippen LogP contribution in [0.25, 0.3) is 0 Å². The second-order valence-electron chi connectivity index (χ2n) is 5.26. The van der Waals surface area contributed by atoms with E-state index >= 15 is 0 Å². The predicted octanol–water partition coefficient (Wildman–Crippen LogP) is 6.27. The SMILES string of the molecule is COc1ccc(NCc2cc(Br)c(OC(C)C)c(Br)c2)cc1Cl. The third kappa shape index (κ3) is 5.03. The van der Waals surface area contributed by atoms with E-state index in [4.69, 9.17) is 21.1 Å². The number of methoxy groups -OCH3 is 1. The first kappa shape index (κ1) is 18.4. The summed E-state index contributed by atoms with van der Waals surface area (Å²) in [6, 6.07) is 9.71. The van der Waals surface area contributed by atoms with E-state index in [1.54, 1.807) is 7.11 Å². The molecule has 0 aromatic heterocycles. The van der Waals surface area contributed by atoms with E-state index in [-0.39, 0.29) is 6.10 Å². The van der Waals surface area contributed by atoms with Gasteiger partial charge in [0.25, 0.3) is 0 Å². The Kier molecular flexibility index (Phi) is 6.62. The molecule has 0 aliphatic carbocycles. The fourth-order valence-electron chi connectivity index (χ4n) is 2.04. The number of nitrogens with one attached hydrogen (secondary N) is 1. The highest BCUT2D eigenvalue weighted by Gasteiger charge is 2.11. The zero-order chi connectivity index (χ0) is 17.0. The van der Waals surface area contributed by atoms with Crippen molar-refractivity contribution in [2.24, 2.45) is 0 Å². The van der Waals surface area contributed by atoms with Gasteiger partial charge in [0, 0.05) is 12.2 Å². The molecule has 2 aromatic rings. The Hall–Kier alpha value is -0.910. The molecule has 2 rings (SSSR count). The van der Waals surface area contributed by atoms with Crippen LogP contribution in [-0.4, -0.2) is 13.2 Å². The fourth-order valence-corrected chi connectivity index (χ4v) is 3.77. The molecule has 2 aromatic carbocycles. The Labute approximate surface area is 158 Å². The molecule has 6 heteroatoms. The van der Waals surface area contributed by atoms with Crippen molar-refractivity contribution < 1.29 is 9.47 Å². The van der Waals surface area contributed by atoms with E-state index in [0.717, 1.165) is 25.9 Å². The Balaban J connectivity index is 2.10. The molecule has 0 spiro atoms. The fraction of sp³-hybridized carbons (Fsp3) is 0.294. The normalized spacial score (nSPS) is 10.7. The maximum Gasteiger partial charge on any atom is 0.148 e. The third-order valence-electron chi connectivity index (χ3n) is 3.06. The van der Waals surface area contributed by atoms with Gasteiger partial charge in [0.15, 0.2) is 0 Å². The molecule has 0 unspecified atom stereocenters. The van der Waals surface area contributed by atoms with E-state index in [0.29, 0.717) is 17.3 Å². The quantitative estimate of drug-likeness (QED) is 0.547. The van der Waals surface area contributed by atoms with E-state index in [9.17, 15) is 0 Å². The van der Waals surface area contributed by atoms with Crippen LogP contribution in [0, 0.1) is 0 Å². The summed E-state index contributed by atoms with van der Waals surface area (Å²) in [4.78, 5) is 0. The first-order valence-electron chi connectivity index (χ1n) is 7.12. The summed E-state index contributed by atoms with van der Waals surface area (Å²) in [6.07, 6.45) is 0.119. The molecule has 0 aliphatic heterocycles. The van der Waals surface area contributed by atoms with Gasteiger partial charge in [-0.25, -0.2) is 0 Å². The van der Waals surface area contributed by atoms with Gasteiger partial charge in [-0.2, -0.15) is 0 Å². The van der Waals surface area contributed by atoms with Crippen molar-refractivity contribution in [3.8, 4) is 11.5 Å². The molecule has 1 N–H and O–H groups in total. The number of hydrogen-bond donors (Lipinski definition) is 1. The van der Waals surface area contributed by atoms with Crippen LogP contribution < -0.4 is 14.8 Å². The van der Waals surface area contributed by atoms with Gasteiger partial charge in [-0.15, -0.1) is 0 Å². The molecule has 0 saturated heterocycles.